The van der Waals surface area contributed by atoms with Crippen LogP contribution in [0.15, 0.2) is 36.4 Å². The highest BCUT2D eigenvalue weighted by Crippen LogP contribution is 2.36. The zero-order chi connectivity index (χ0) is 20.2. The highest BCUT2D eigenvalue weighted by Gasteiger charge is 2.30. The molecule has 27 heavy (non-hydrogen) atoms. The first kappa shape index (κ1) is 20.7. The molecule has 0 aliphatic heterocycles. The van der Waals surface area contributed by atoms with E-state index in [1.165, 1.54) is 32.4 Å². The second kappa shape index (κ2) is 8.39. The SMILES string of the molecule is COc1cc(OC)c(N[C@@H](C)C(=O)Nc2cccc(C(F)(F)F)c2)cc1Cl. The molecule has 0 fully saturated rings. The summed E-state index contributed by atoms with van der Waals surface area (Å²) < 4.78 is 48.7. The van der Waals surface area contributed by atoms with Crippen LogP contribution in [0.4, 0.5) is 24.5 Å². The van der Waals surface area contributed by atoms with E-state index >= 15 is 0 Å². The third-order valence-electron chi connectivity index (χ3n) is 3.70. The minimum atomic E-state index is -4.49. The average Bonchev–Trinajstić information content (AvgIpc) is 2.61. The number of anilines is 2. The van der Waals surface area contributed by atoms with Crippen LogP contribution in [0.25, 0.3) is 0 Å². The van der Waals surface area contributed by atoms with Crippen LogP contribution in [0.2, 0.25) is 5.02 Å². The van der Waals surface area contributed by atoms with Gasteiger partial charge < -0.3 is 20.1 Å². The lowest BCUT2D eigenvalue weighted by atomic mass is 10.2. The Morgan fingerprint density at radius 2 is 1.78 bits per heavy atom. The van der Waals surface area contributed by atoms with Crippen LogP contribution in [0.3, 0.4) is 0 Å². The second-order valence-corrected chi connectivity index (χ2v) is 6.03. The predicted octanol–water partition coefficient (Wildman–Crippen LogP) is 4.82. The molecule has 0 aromatic heterocycles. The zero-order valence-electron chi connectivity index (χ0n) is 14.8. The van der Waals surface area contributed by atoms with Gasteiger partial charge in [-0.2, -0.15) is 13.2 Å². The average molecular weight is 403 g/mol. The molecule has 146 valence electrons. The topological polar surface area (TPSA) is 59.6 Å². The maximum atomic E-state index is 12.8. The third kappa shape index (κ3) is 5.19. The van der Waals surface area contributed by atoms with E-state index in [-0.39, 0.29) is 5.69 Å². The predicted molar refractivity (Wildman–Crippen MR) is 97.7 cm³/mol. The van der Waals surface area contributed by atoms with Gasteiger partial charge in [0.15, 0.2) is 0 Å². The maximum absolute atomic E-state index is 12.8. The van der Waals surface area contributed by atoms with Crippen molar-refractivity contribution in [2.45, 2.75) is 19.1 Å². The second-order valence-electron chi connectivity index (χ2n) is 5.62. The van der Waals surface area contributed by atoms with E-state index in [2.05, 4.69) is 10.6 Å². The Balaban J connectivity index is 2.14. The number of benzene rings is 2. The van der Waals surface area contributed by atoms with E-state index in [0.29, 0.717) is 22.2 Å². The molecule has 0 bridgehead atoms. The first-order valence-corrected chi connectivity index (χ1v) is 8.19. The molecule has 0 radical (unpaired) electrons. The molecule has 0 heterocycles. The summed E-state index contributed by atoms with van der Waals surface area (Å²) in [5, 5.41) is 5.68. The van der Waals surface area contributed by atoms with Crippen molar-refractivity contribution in [2.24, 2.45) is 0 Å². The van der Waals surface area contributed by atoms with Gasteiger partial charge in [0.1, 0.15) is 17.5 Å². The molecular weight excluding hydrogens is 385 g/mol. The van der Waals surface area contributed by atoms with Crippen LogP contribution < -0.4 is 20.1 Å². The van der Waals surface area contributed by atoms with Gasteiger partial charge in [0.25, 0.3) is 0 Å². The Labute approximate surface area is 159 Å². The van der Waals surface area contributed by atoms with Crippen LogP contribution >= 0.6 is 11.6 Å². The van der Waals surface area contributed by atoms with Crippen molar-refractivity contribution in [3.8, 4) is 11.5 Å². The van der Waals surface area contributed by atoms with Crippen molar-refractivity contribution in [3.05, 3.63) is 47.0 Å². The summed E-state index contributed by atoms with van der Waals surface area (Å²) in [5.74, 6) is 0.276. The largest absolute Gasteiger partial charge is 0.495 e. The zero-order valence-corrected chi connectivity index (χ0v) is 15.5. The van der Waals surface area contributed by atoms with Gasteiger partial charge in [0.05, 0.1) is 30.5 Å². The first-order chi connectivity index (χ1) is 12.7. The van der Waals surface area contributed by atoms with Crippen LogP contribution in [0.5, 0.6) is 11.5 Å². The molecule has 0 saturated heterocycles. The molecule has 2 aromatic rings. The number of carbonyl (C=O) groups is 1. The smallest absolute Gasteiger partial charge is 0.416 e. The minimum absolute atomic E-state index is 0.0446. The molecule has 1 atom stereocenters. The number of rotatable bonds is 6. The van der Waals surface area contributed by atoms with Gasteiger partial charge in [0.2, 0.25) is 5.91 Å². The van der Waals surface area contributed by atoms with Gasteiger partial charge in [-0.1, -0.05) is 17.7 Å². The number of methoxy groups -OCH3 is 2. The molecule has 0 spiro atoms. The molecule has 1 amide bonds. The number of halogens is 4. The number of ether oxygens (including phenoxy) is 2. The van der Waals surface area contributed by atoms with E-state index in [4.69, 9.17) is 21.1 Å². The normalized spacial score (nSPS) is 12.3. The van der Waals surface area contributed by atoms with Gasteiger partial charge in [-0.25, -0.2) is 0 Å². The summed E-state index contributed by atoms with van der Waals surface area (Å²) in [6.45, 7) is 1.56. The number of amides is 1. The number of alkyl halides is 3. The molecule has 0 unspecified atom stereocenters. The van der Waals surface area contributed by atoms with E-state index in [9.17, 15) is 18.0 Å². The van der Waals surface area contributed by atoms with E-state index in [1.54, 1.807) is 13.0 Å². The summed E-state index contributed by atoms with van der Waals surface area (Å²) in [5.41, 5.74) is -0.359. The molecule has 0 aliphatic rings. The molecule has 9 heteroatoms. The Morgan fingerprint density at radius 3 is 2.37 bits per heavy atom. The first-order valence-electron chi connectivity index (χ1n) is 7.82. The van der Waals surface area contributed by atoms with E-state index in [1.807, 2.05) is 0 Å². The molecule has 5 nitrogen and oxygen atoms in total. The number of hydrogen-bond acceptors (Lipinski definition) is 4. The Bertz CT molecular complexity index is 828. The maximum Gasteiger partial charge on any atom is 0.416 e. The fourth-order valence-electron chi connectivity index (χ4n) is 2.30. The summed E-state index contributed by atoms with van der Waals surface area (Å²) in [6.07, 6.45) is -4.49. The van der Waals surface area contributed by atoms with Crippen LogP contribution in [0.1, 0.15) is 12.5 Å². The Hall–Kier alpha value is -2.61. The van der Waals surface area contributed by atoms with Crippen LogP contribution in [-0.4, -0.2) is 26.2 Å². The highest BCUT2D eigenvalue weighted by molar-refractivity contribution is 6.32. The highest BCUT2D eigenvalue weighted by atomic mass is 35.5. The lowest BCUT2D eigenvalue weighted by Crippen LogP contribution is -2.32. The summed E-state index contributed by atoms with van der Waals surface area (Å²) in [6, 6.07) is 6.72. The summed E-state index contributed by atoms with van der Waals surface area (Å²) >= 11 is 6.08. The number of hydrogen-bond donors (Lipinski definition) is 2. The van der Waals surface area contributed by atoms with Crippen molar-refractivity contribution in [1.29, 1.82) is 0 Å². The monoisotopic (exact) mass is 402 g/mol. The molecule has 2 N–H and O–H groups in total. The molecular formula is C18H18ClF3N2O3. The lowest BCUT2D eigenvalue weighted by Gasteiger charge is -2.19. The van der Waals surface area contributed by atoms with Gasteiger partial charge in [0, 0.05) is 11.8 Å². The van der Waals surface area contributed by atoms with Gasteiger partial charge >= 0.3 is 6.18 Å². The van der Waals surface area contributed by atoms with Crippen LogP contribution in [0, 0.1) is 0 Å². The standard InChI is InChI=1S/C18H18ClF3N2O3/c1-10(23-14-8-13(19)15(26-2)9-16(14)27-3)17(25)24-12-6-4-5-11(7-12)18(20,21)22/h4-10,23H,1-3H3,(H,24,25)/t10-/m0/s1. The van der Waals surface area contributed by atoms with Gasteiger partial charge in [-0.3, -0.25) is 4.79 Å². The van der Waals surface area contributed by atoms with Crippen molar-refractivity contribution < 1.29 is 27.4 Å². The van der Waals surface area contributed by atoms with Crippen molar-refractivity contribution in [3.63, 3.8) is 0 Å². The van der Waals surface area contributed by atoms with Crippen molar-refractivity contribution in [1.82, 2.24) is 0 Å². The Morgan fingerprint density at radius 1 is 1.11 bits per heavy atom. The van der Waals surface area contributed by atoms with Crippen LogP contribution in [-0.2, 0) is 11.0 Å². The lowest BCUT2D eigenvalue weighted by molar-refractivity contribution is -0.137. The molecule has 2 aromatic carbocycles. The quantitative estimate of drug-likeness (QED) is 0.727. The summed E-state index contributed by atoms with van der Waals surface area (Å²) in [4.78, 5) is 12.3. The molecule has 0 aliphatic carbocycles. The van der Waals surface area contributed by atoms with E-state index in [0.717, 1.165) is 12.1 Å². The minimum Gasteiger partial charge on any atom is -0.495 e. The number of carbonyl (C=O) groups excluding carboxylic acids is 1. The fourth-order valence-corrected chi connectivity index (χ4v) is 2.54. The van der Waals surface area contributed by atoms with E-state index < -0.39 is 23.7 Å². The number of nitrogens with one attached hydrogen (secondary N) is 2. The van der Waals surface area contributed by atoms with Gasteiger partial charge in [-0.05, 0) is 31.2 Å². The fraction of sp³-hybridized carbons (Fsp3) is 0.278. The molecule has 0 saturated carbocycles. The summed E-state index contributed by atoms with van der Waals surface area (Å²) in [7, 11) is 2.90. The molecule has 2 rings (SSSR count). The van der Waals surface area contributed by atoms with Crippen molar-refractivity contribution >= 4 is 28.9 Å². The third-order valence-corrected chi connectivity index (χ3v) is 3.99. The van der Waals surface area contributed by atoms with Gasteiger partial charge in [-0.15, -0.1) is 0 Å². The van der Waals surface area contributed by atoms with Crippen molar-refractivity contribution in [2.75, 3.05) is 24.9 Å². The Kier molecular flexibility index (Phi) is 6.43.